The van der Waals surface area contributed by atoms with Gasteiger partial charge in [0.2, 0.25) is 0 Å². The average molecular weight is 287 g/mol. The van der Waals surface area contributed by atoms with Crippen LogP contribution in [0.25, 0.3) is 0 Å². The molecule has 1 aliphatic rings. The van der Waals surface area contributed by atoms with Crippen LogP contribution in [0.1, 0.15) is 0 Å². The molecule has 0 aliphatic carbocycles. The Morgan fingerprint density at radius 1 is 1.14 bits per heavy atom. The van der Waals surface area contributed by atoms with Crippen LogP contribution in [0.4, 0.5) is 0 Å². The van der Waals surface area contributed by atoms with Crippen LogP contribution >= 0.6 is 28.0 Å². The van der Waals surface area contributed by atoms with Gasteiger partial charge in [-0.05, 0) is 0 Å². The Labute approximate surface area is 60.0 Å². The second-order valence-electron chi connectivity index (χ2n) is 1.74. The zero-order valence-corrected chi connectivity index (χ0v) is 9.09. The van der Waals surface area contributed by atoms with Crippen LogP contribution in [0.2, 0.25) is 10.5 Å². The van der Waals surface area contributed by atoms with Gasteiger partial charge >= 0.3 is 60.2 Å². The van der Waals surface area contributed by atoms with E-state index in [9.17, 15) is 0 Å². The van der Waals surface area contributed by atoms with E-state index in [0.717, 1.165) is 0 Å². The molecule has 0 nitrogen and oxygen atoms in total. The Balaban J connectivity index is 2.49. The van der Waals surface area contributed by atoms with E-state index in [-0.39, 0.29) is 0 Å². The van der Waals surface area contributed by atoms with Crippen LogP contribution in [0.5, 0.6) is 0 Å². The first-order valence-corrected chi connectivity index (χ1v) is 15.0. The van der Waals surface area contributed by atoms with Crippen molar-refractivity contribution in [2.75, 3.05) is 0 Å². The first kappa shape index (κ1) is 6.36. The molecule has 0 radical (unpaired) electrons. The van der Waals surface area contributed by atoms with Crippen LogP contribution in [-0.2, 0) is 0 Å². The number of allylic oxidation sites excluding steroid dienone is 2. The standard InChI is InChI=1S/C4H6Br2Ge/c5-7(6)3-1-2-4-7/h1-2H,3-4H2. The summed E-state index contributed by atoms with van der Waals surface area (Å²) in [5.74, 6) is 0. The van der Waals surface area contributed by atoms with E-state index in [1.54, 1.807) is 0 Å². The van der Waals surface area contributed by atoms with E-state index >= 15 is 0 Å². The molecule has 3 heteroatoms. The fraction of sp³-hybridized carbons (Fsp3) is 0.500. The van der Waals surface area contributed by atoms with Crippen LogP contribution in [0, 0.1) is 0 Å². The molecular weight excluding hydrogens is 280 g/mol. The van der Waals surface area contributed by atoms with E-state index in [1.807, 2.05) is 0 Å². The van der Waals surface area contributed by atoms with E-state index < -0.39 is 9.58 Å². The molecule has 0 aromatic heterocycles. The quantitative estimate of drug-likeness (QED) is 0.474. The van der Waals surface area contributed by atoms with Crippen molar-refractivity contribution in [3.8, 4) is 0 Å². The van der Waals surface area contributed by atoms with Crippen molar-refractivity contribution >= 4 is 37.6 Å². The van der Waals surface area contributed by atoms with Crippen molar-refractivity contribution in [2.45, 2.75) is 10.5 Å². The summed E-state index contributed by atoms with van der Waals surface area (Å²) < 4.78 is 0. The van der Waals surface area contributed by atoms with Gasteiger partial charge in [-0.2, -0.15) is 0 Å². The third-order valence-electron chi connectivity index (χ3n) is 1.000. The minimum absolute atomic E-state index is 1.29. The summed E-state index contributed by atoms with van der Waals surface area (Å²) in [6, 6.07) is 0. The summed E-state index contributed by atoms with van der Waals surface area (Å²) in [4.78, 5) is 0. The summed E-state index contributed by atoms with van der Waals surface area (Å²) in [5.41, 5.74) is 0. The molecule has 40 valence electrons. The van der Waals surface area contributed by atoms with E-state index in [2.05, 4.69) is 40.2 Å². The molecule has 0 unspecified atom stereocenters. The second-order valence-corrected chi connectivity index (χ2v) is 28.3. The molecule has 1 rings (SSSR count). The predicted octanol–water partition coefficient (Wildman–Crippen LogP) is 2.79. The summed E-state index contributed by atoms with van der Waals surface area (Å²) in [6.07, 6.45) is 4.51. The van der Waals surface area contributed by atoms with Gasteiger partial charge in [-0.25, -0.2) is 0 Å². The topological polar surface area (TPSA) is 0 Å². The van der Waals surface area contributed by atoms with Crippen LogP contribution in [0.3, 0.4) is 0 Å². The molecule has 0 saturated carbocycles. The predicted molar refractivity (Wildman–Crippen MR) is 42.4 cm³/mol. The molecule has 0 saturated heterocycles. The Morgan fingerprint density at radius 3 is 1.71 bits per heavy atom. The molecule has 0 aromatic rings. The molecule has 0 bridgehead atoms. The van der Waals surface area contributed by atoms with Crippen molar-refractivity contribution < 1.29 is 0 Å². The van der Waals surface area contributed by atoms with Crippen molar-refractivity contribution in [1.29, 1.82) is 0 Å². The Hall–Kier alpha value is 1.24. The van der Waals surface area contributed by atoms with Gasteiger partial charge in [0.15, 0.2) is 0 Å². The molecule has 0 N–H and O–H groups in total. The van der Waals surface area contributed by atoms with E-state index in [4.69, 9.17) is 0 Å². The molecule has 1 heterocycles. The van der Waals surface area contributed by atoms with Gasteiger partial charge < -0.3 is 0 Å². The molecule has 0 fully saturated rings. The van der Waals surface area contributed by atoms with Crippen LogP contribution < -0.4 is 0 Å². The van der Waals surface area contributed by atoms with Gasteiger partial charge in [0, 0.05) is 0 Å². The average Bonchev–Trinajstić information content (AvgIpc) is 1.84. The SMILES string of the molecule is [Br][Ge]1([Br])[CH2]C=C[CH2]1. The molecule has 1 aliphatic heterocycles. The monoisotopic (exact) mass is 286 g/mol. The zero-order valence-electron chi connectivity index (χ0n) is 3.82. The fourth-order valence-corrected chi connectivity index (χ4v) is 6.98. The zero-order chi connectivity index (χ0) is 5.33. The maximum absolute atomic E-state index is 3.68. The normalized spacial score (nSPS) is 26.0. The number of hydrogen-bond donors (Lipinski definition) is 0. The number of halogens is 2. The van der Waals surface area contributed by atoms with Gasteiger partial charge in [-0.15, -0.1) is 0 Å². The Bertz CT molecular complexity index is 87.9. The minimum atomic E-state index is -1.46. The van der Waals surface area contributed by atoms with Crippen molar-refractivity contribution in [3.05, 3.63) is 12.2 Å². The van der Waals surface area contributed by atoms with Crippen LogP contribution in [0.15, 0.2) is 12.2 Å². The van der Waals surface area contributed by atoms with Gasteiger partial charge in [0.05, 0.1) is 0 Å². The molecule has 0 amide bonds. The molecule has 7 heavy (non-hydrogen) atoms. The van der Waals surface area contributed by atoms with Crippen molar-refractivity contribution in [2.24, 2.45) is 0 Å². The molecule has 0 atom stereocenters. The van der Waals surface area contributed by atoms with Gasteiger partial charge in [-0.1, -0.05) is 0 Å². The maximum atomic E-state index is 3.68. The van der Waals surface area contributed by atoms with Gasteiger partial charge in [0.25, 0.3) is 0 Å². The van der Waals surface area contributed by atoms with Gasteiger partial charge in [-0.3, -0.25) is 0 Å². The molecular formula is C4H6Br2Ge. The Morgan fingerprint density at radius 2 is 1.57 bits per heavy atom. The molecule has 0 spiro atoms. The third-order valence-corrected chi connectivity index (χ3v) is 11.2. The number of hydrogen-bond acceptors (Lipinski definition) is 0. The molecule has 0 aromatic carbocycles. The van der Waals surface area contributed by atoms with Crippen LogP contribution in [-0.4, -0.2) is 9.58 Å². The summed E-state index contributed by atoms with van der Waals surface area (Å²) in [7, 11) is -1.46. The third kappa shape index (κ3) is 1.90. The fourth-order valence-electron chi connectivity index (χ4n) is 0.595. The van der Waals surface area contributed by atoms with Gasteiger partial charge in [0.1, 0.15) is 0 Å². The second kappa shape index (κ2) is 2.23. The van der Waals surface area contributed by atoms with E-state index in [0.29, 0.717) is 0 Å². The van der Waals surface area contributed by atoms with Crippen molar-refractivity contribution in [1.82, 2.24) is 0 Å². The summed E-state index contributed by atoms with van der Waals surface area (Å²) >= 11 is 7.37. The first-order valence-electron chi connectivity index (χ1n) is 2.23. The number of rotatable bonds is 0. The van der Waals surface area contributed by atoms with Crippen molar-refractivity contribution in [3.63, 3.8) is 0 Å². The summed E-state index contributed by atoms with van der Waals surface area (Å²) in [6.45, 7) is 0. The van der Waals surface area contributed by atoms with E-state index in [1.165, 1.54) is 10.5 Å². The first-order chi connectivity index (χ1) is 3.21. The Kier molecular flexibility index (Phi) is 2.03. The summed E-state index contributed by atoms with van der Waals surface area (Å²) in [5, 5.41) is 2.58.